The Kier molecular flexibility index (Phi) is 3.99. The number of amides is 6. The minimum absolute atomic E-state index is 0.134. The summed E-state index contributed by atoms with van der Waals surface area (Å²) in [5, 5.41) is 4.80. The molecular weight excluding hydrogens is 300 g/mol. The van der Waals surface area contributed by atoms with Crippen molar-refractivity contribution in [1.82, 2.24) is 20.4 Å². The second-order valence-electron chi connectivity index (χ2n) is 6.62. The van der Waals surface area contributed by atoms with E-state index in [0.717, 1.165) is 37.0 Å². The summed E-state index contributed by atoms with van der Waals surface area (Å²) >= 11 is 0. The fraction of sp³-hybridized carbons (Fsp3) is 0.733. The Morgan fingerprint density at radius 1 is 1.17 bits per heavy atom. The van der Waals surface area contributed by atoms with Crippen LogP contribution in [0.5, 0.6) is 0 Å². The summed E-state index contributed by atoms with van der Waals surface area (Å²) in [5.41, 5.74) is -0.800. The van der Waals surface area contributed by atoms with Gasteiger partial charge in [-0.15, -0.1) is 0 Å². The molecule has 23 heavy (non-hydrogen) atoms. The summed E-state index contributed by atoms with van der Waals surface area (Å²) in [6.07, 6.45) is 5.94. The van der Waals surface area contributed by atoms with Crippen molar-refractivity contribution in [2.75, 3.05) is 13.6 Å². The van der Waals surface area contributed by atoms with Gasteiger partial charge in [-0.3, -0.25) is 19.8 Å². The number of nitrogens with one attached hydrogen (secondary N) is 2. The largest absolute Gasteiger partial charge is 0.335 e. The molecule has 1 saturated heterocycles. The lowest BCUT2D eigenvalue weighted by Gasteiger charge is -2.35. The van der Waals surface area contributed by atoms with Crippen molar-refractivity contribution in [3.63, 3.8) is 0 Å². The zero-order valence-electron chi connectivity index (χ0n) is 13.3. The average molecular weight is 322 g/mol. The molecular formula is C15H22N4O4. The molecule has 3 rings (SSSR count). The molecule has 3 fully saturated rings. The number of rotatable bonds is 3. The molecule has 0 atom stereocenters. The predicted octanol–water partition coefficient (Wildman–Crippen LogP) is 0.571. The SMILES string of the molecule is CN1C(=O)N(CC(=O)NC(=O)NC2CC2)C(=O)C12CCCCC2. The van der Waals surface area contributed by atoms with Gasteiger partial charge < -0.3 is 10.2 Å². The van der Waals surface area contributed by atoms with E-state index in [9.17, 15) is 19.2 Å². The van der Waals surface area contributed by atoms with E-state index in [4.69, 9.17) is 0 Å². The van der Waals surface area contributed by atoms with Crippen molar-refractivity contribution >= 4 is 23.9 Å². The molecule has 0 radical (unpaired) electrons. The number of nitrogens with zero attached hydrogens (tertiary/aromatic N) is 2. The van der Waals surface area contributed by atoms with Gasteiger partial charge in [0.25, 0.3) is 5.91 Å². The molecule has 8 nitrogen and oxygen atoms in total. The van der Waals surface area contributed by atoms with Gasteiger partial charge in [-0.1, -0.05) is 19.3 Å². The van der Waals surface area contributed by atoms with Crippen molar-refractivity contribution in [1.29, 1.82) is 0 Å². The second kappa shape index (κ2) is 5.82. The third-order valence-corrected chi connectivity index (χ3v) is 4.95. The predicted molar refractivity (Wildman–Crippen MR) is 80.4 cm³/mol. The van der Waals surface area contributed by atoms with Crippen LogP contribution in [0.4, 0.5) is 9.59 Å². The van der Waals surface area contributed by atoms with E-state index in [2.05, 4.69) is 10.6 Å². The van der Waals surface area contributed by atoms with Crippen LogP contribution >= 0.6 is 0 Å². The van der Waals surface area contributed by atoms with Crippen LogP contribution in [0.2, 0.25) is 0 Å². The van der Waals surface area contributed by atoms with E-state index in [1.165, 1.54) is 4.90 Å². The molecule has 0 aromatic carbocycles. The van der Waals surface area contributed by atoms with Gasteiger partial charge in [-0.25, -0.2) is 9.59 Å². The lowest BCUT2D eigenvalue weighted by Crippen LogP contribution is -2.50. The first-order chi connectivity index (χ1) is 10.9. The van der Waals surface area contributed by atoms with Gasteiger partial charge in [-0.05, 0) is 25.7 Å². The Balaban J connectivity index is 1.62. The number of carbonyl (C=O) groups excluding carboxylic acids is 4. The van der Waals surface area contributed by atoms with E-state index in [0.29, 0.717) is 12.8 Å². The molecule has 0 aromatic rings. The lowest BCUT2D eigenvalue weighted by atomic mass is 9.81. The van der Waals surface area contributed by atoms with Gasteiger partial charge in [0.2, 0.25) is 5.91 Å². The Morgan fingerprint density at radius 3 is 2.43 bits per heavy atom. The third kappa shape index (κ3) is 2.89. The van der Waals surface area contributed by atoms with Crippen molar-refractivity contribution in [3.05, 3.63) is 0 Å². The first-order valence-corrected chi connectivity index (χ1v) is 8.14. The number of carbonyl (C=O) groups is 4. The molecule has 8 heteroatoms. The molecule has 3 aliphatic rings. The number of urea groups is 2. The first-order valence-electron chi connectivity index (χ1n) is 8.14. The van der Waals surface area contributed by atoms with Crippen LogP contribution in [0.25, 0.3) is 0 Å². The van der Waals surface area contributed by atoms with Crippen molar-refractivity contribution in [2.45, 2.75) is 56.5 Å². The van der Waals surface area contributed by atoms with Crippen LogP contribution in [-0.2, 0) is 9.59 Å². The second-order valence-corrected chi connectivity index (χ2v) is 6.62. The third-order valence-electron chi connectivity index (χ3n) is 4.95. The molecule has 6 amide bonds. The molecule has 1 spiro atoms. The van der Waals surface area contributed by atoms with Gasteiger partial charge in [0, 0.05) is 13.1 Å². The Morgan fingerprint density at radius 2 is 1.83 bits per heavy atom. The smallest absolute Gasteiger partial charge is 0.327 e. The van der Waals surface area contributed by atoms with E-state index in [1.807, 2.05) is 0 Å². The summed E-state index contributed by atoms with van der Waals surface area (Å²) < 4.78 is 0. The van der Waals surface area contributed by atoms with Crippen LogP contribution in [-0.4, -0.2) is 58.8 Å². The zero-order chi connectivity index (χ0) is 16.6. The van der Waals surface area contributed by atoms with Crippen molar-refractivity contribution < 1.29 is 19.2 Å². The molecule has 126 valence electrons. The minimum atomic E-state index is -0.800. The number of hydrogen-bond acceptors (Lipinski definition) is 4. The first kappa shape index (κ1) is 15.8. The maximum absolute atomic E-state index is 12.7. The molecule has 2 aliphatic carbocycles. The standard InChI is InChI=1S/C15H22N4O4/c1-18-14(23)19(12(21)15(18)7-3-2-4-8-15)9-11(20)17-13(22)16-10-5-6-10/h10H,2-9H2,1H3,(H2,16,17,20,22). The van der Waals surface area contributed by atoms with E-state index in [1.54, 1.807) is 7.05 Å². The van der Waals surface area contributed by atoms with Gasteiger partial charge in [0.15, 0.2) is 0 Å². The van der Waals surface area contributed by atoms with Gasteiger partial charge in [0.1, 0.15) is 12.1 Å². The van der Waals surface area contributed by atoms with E-state index in [-0.39, 0.29) is 11.9 Å². The van der Waals surface area contributed by atoms with Crippen LogP contribution in [0.3, 0.4) is 0 Å². The summed E-state index contributed by atoms with van der Waals surface area (Å²) in [7, 11) is 1.61. The van der Waals surface area contributed by atoms with Crippen LogP contribution < -0.4 is 10.6 Å². The fourth-order valence-corrected chi connectivity index (χ4v) is 3.43. The van der Waals surface area contributed by atoms with Crippen LogP contribution in [0.15, 0.2) is 0 Å². The quantitative estimate of drug-likeness (QED) is 0.742. The van der Waals surface area contributed by atoms with Crippen LogP contribution in [0, 0.1) is 0 Å². The van der Waals surface area contributed by atoms with E-state index < -0.39 is 30.1 Å². The lowest BCUT2D eigenvalue weighted by molar-refractivity contribution is -0.137. The van der Waals surface area contributed by atoms with Crippen molar-refractivity contribution in [2.24, 2.45) is 0 Å². The maximum Gasteiger partial charge on any atom is 0.327 e. The Labute approximate surface area is 134 Å². The van der Waals surface area contributed by atoms with Gasteiger partial charge >= 0.3 is 12.1 Å². The Bertz CT molecular complexity index is 552. The minimum Gasteiger partial charge on any atom is -0.335 e. The van der Waals surface area contributed by atoms with Gasteiger partial charge in [-0.2, -0.15) is 0 Å². The fourth-order valence-electron chi connectivity index (χ4n) is 3.43. The average Bonchev–Trinajstić information content (AvgIpc) is 3.32. The Hall–Kier alpha value is -2.12. The van der Waals surface area contributed by atoms with Crippen LogP contribution in [0.1, 0.15) is 44.9 Å². The number of hydrogen-bond donors (Lipinski definition) is 2. The topological polar surface area (TPSA) is 98.8 Å². The van der Waals surface area contributed by atoms with Crippen molar-refractivity contribution in [3.8, 4) is 0 Å². The summed E-state index contributed by atoms with van der Waals surface area (Å²) in [6, 6.07) is -0.901. The zero-order valence-corrected chi connectivity index (χ0v) is 13.3. The summed E-state index contributed by atoms with van der Waals surface area (Å²) in [4.78, 5) is 51.0. The highest BCUT2D eigenvalue weighted by atomic mass is 16.2. The molecule has 2 N–H and O–H groups in total. The summed E-state index contributed by atoms with van der Waals surface area (Å²) in [6.45, 7) is -0.415. The highest BCUT2D eigenvalue weighted by molar-refractivity contribution is 6.09. The monoisotopic (exact) mass is 322 g/mol. The van der Waals surface area contributed by atoms with Gasteiger partial charge in [0.05, 0.1) is 0 Å². The molecule has 2 saturated carbocycles. The highest BCUT2D eigenvalue weighted by Gasteiger charge is 2.55. The normalized spacial score (nSPS) is 23.3. The molecule has 0 aromatic heterocycles. The highest BCUT2D eigenvalue weighted by Crippen LogP contribution is 2.39. The van der Waals surface area contributed by atoms with E-state index >= 15 is 0 Å². The molecule has 1 heterocycles. The maximum atomic E-state index is 12.7. The molecule has 0 unspecified atom stereocenters. The number of imide groups is 2. The number of likely N-dealkylation sites (N-methyl/N-ethyl adjacent to an activating group) is 1. The molecule has 1 aliphatic heterocycles. The molecule has 0 bridgehead atoms. The summed E-state index contributed by atoms with van der Waals surface area (Å²) in [5.74, 6) is -0.964.